The quantitative estimate of drug-likeness (QED) is 0.828. The highest BCUT2D eigenvalue weighted by Gasteiger charge is 2.18. The summed E-state index contributed by atoms with van der Waals surface area (Å²) in [7, 11) is -3.53. The van der Waals surface area contributed by atoms with Crippen molar-refractivity contribution in [2.45, 2.75) is 0 Å². The molecule has 0 aliphatic heterocycles. The number of carbonyl (C=O) groups excluding carboxylic acids is 1. The number of amides is 1. The SMILES string of the molecule is CS(=O)(=O)N(CCNC(=O)c1ccccc1)c1ccc(Cl)c(Cl)c1. The predicted molar refractivity (Wildman–Crippen MR) is 97.4 cm³/mol. The molecule has 1 amide bonds. The van der Waals surface area contributed by atoms with Crippen LogP contribution in [0.2, 0.25) is 10.0 Å². The molecule has 0 spiro atoms. The van der Waals surface area contributed by atoms with Crippen LogP contribution >= 0.6 is 23.2 Å². The zero-order valence-electron chi connectivity index (χ0n) is 12.9. The van der Waals surface area contributed by atoms with E-state index in [0.29, 0.717) is 16.3 Å². The van der Waals surface area contributed by atoms with Crippen molar-refractivity contribution in [3.8, 4) is 0 Å². The average Bonchev–Trinajstić information content (AvgIpc) is 2.54. The molecule has 2 aromatic rings. The lowest BCUT2D eigenvalue weighted by Gasteiger charge is -2.23. The van der Waals surface area contributed by atoms with Crippen molar-refractivity contribution in [2.75, 3.05) is 23.7 Å². The molecule has 0 heterocycles. The fraction of sp³-hybridized carbons (Fsp3) is 0.188. The lowest BCUT2D eigenvalue weighted by atomic mass is 10.2. The molecule has 128 valence electrons. The van der Waals surface area contributed by atoms with Gasteiger partial charge in [-0.15, -0.1) is 0 Å². The van der Waals surface area contributed by atoms with Crippen LogP contribution in [0, 0.1) is 0 Å². The summed E-state index contributed by atoms with van der Waals surface area (Å²) < 4.78 is 25.2. The molecule has 0 atom stereocenters. The minimum absolute atomic E-state index is 0.0787. The average molecular weight is 387 g/mol. The Balaban J connectivity index is 2.08. The molecule has 0 aromatic heterocycles. The summed E-state index contributed by atoms with van der Waals surface area (Å²) in [4.78, 5) is 12.0. The molecule has 0 radical (unpaired) electrons. The fourth-order valence-electron chi connectivity index (χ4n) is 2.09. The first-order valence-electron chi connectivity index (χ1n) is 7.05. The zero-order valence-corrected chi connectivity index (χ0v) is 15.2. The summed E-state index contributed by atoms with van der Waals surface area (Å²) in [6.45, 7) is 0.233. The Kier molecular flexibility index (Phi) is 6.10. The van der Waals surface area contributed by atoms with Gasteiger partial charge in [0.25, 0.3) is 5.91 Å². The summed E-state index contributed by atoms with van der Waals surface area (Å²) in [6.07, 6.45) is 1.09. The number of hydrogen-bond acceptors (Lipinski definition) is 3. The highest BCUT2D eigenvalue weighted by atomic mass is 35.5. The first kappa shape index (κ1) is 18.6. The minimum Gasteiger partial charge on any atom is -0.350 e. The smallest absolute Gasteiger partial charge is 0.251 e. The van der Waals surface area contributed by atoms with Crippen molar-refractivity contribution in [3.63, 3.8) is 0 Å². The van der Waals surface area contributed by atoms with E-state index in [-0.39, 0.29) is 24.0 Å². The van der Waals surface area contributed by atoms with Crippen molar-refractivity contribution in [2.24, 2.45) is 0 Å². The number of nitrogens with zero attached hydrogens (tertiary/aromatic N) is 1. The van der Waals surface area contributed by atoms with Gasteiger partial charge in [-0.2, -0.15) is 0 Å². The zero-order chi connectivity index (χ0) is 17.7. The number of benzene rings is 2. The molecule has 2 aromatic carbocycles. The maximum atomic E-state index is 12.0. The molecule has 0 bridgehead atoms. The Morgan fingerprint density at radius 2 is 1.75 bits per heavy atom. The molecular formula is C16H16Cl2N2O3S. The monoisotopic (exact) mass is 386 g/mol. The molecule has 0 unspecified atom stereocenters. The number of hydrogen-bond donors (Lipinski definition) is 1. The van der Waals surface area contributed by atoms with E-state index in [4.69, 9.17) is 23.2 Å². The van der Waals surface area contributed by atoms with Gasteiger partial charge in [0.1, 0.15) is 0 Å². The molecule has 0 aliphatic carbocycles. The van der Waals surface area contributed by atoms with Gasteiger partial charge in [-0.3, -0.25) is 9.10 Å². The van der Waals surface area contributed by atoms with Crippen molar-refractivity contribution in [1.29, 1.82) is 0 Å². The fourth-order valence-corrected chi connectivity index (χ4v) is 3.30. The van der Waals surface area contributed by atoms with Crippen LogP contribution in [0.4, 0.5) is 5.69 Å². The van der Waals surface area contributed by atoms with Gasteiger partial charge in [0, 0.05) is 12.1 Å². The summed E-state index contributed by atoms with van der Waals surface area (Å²) >= 11 is 11.8. The van der Waals surface area contributed by atoms with Crippen LogP contribution in [0.1, 0.15) is 10.4 Å². The van der Waals surface area contributed by atoms with Gasteiger partial charge in [0.2, 0.25) is 10.0 Å². The molecule has 1 N–H and O–H groups in total. The van der Waals surface area contributed by atoms with E-state index >= 15 is 0 Å². The van der Waals surface area contributed by atoms with Gasteiger partial charge in [-0.1, -0.05) is 41.4 Å². The molecule has 0 saturated heterocycles. The Morgan fingerprint density at radius 3 is 2.33 bits per heavy atom. The molecule has 0 aliphatic rings. The van der Waals surface area contributed by atoms with Gasteiger partial charge in [-0.25, -0.2) is 8.42 Å². The Hall–Kier alpha value is -1.76. The maximum absolute atomic E-state index is 12.0. The van der Waals surface area contributed by atoms with Crippen LogP contribution in [0.25, 0.3) is 0 Å². The van der Waals surface area contributed by atoms with Crippen LogP contribution < -0.4 is 9.62 Å². The Labute approximate surface area is 151 Å². The standard InChI is InChI=1S/C16H16Cl2N2O3S/c1-24(22,23)20(13-7-8-14(17)15(18)11-13)10-9-19-16(21)12-5-3-2-4-6-12/h2-8,11H,9-10H2,1H3,(H,19,21). The highest BCUT2D eigenvalue weighted by Crippen LogP contribution is 2.28. The predicted octanol–water partition coefficient (Wildman–Crippen LogP) is 3.19. The molecule has 0 fully saturated rings. The number of halogens is 2. The van der Waals surface area contributed by atoms with Crippen LogP contribution in [0.5, 0.6) is 0 Å². The lowest BCUT2D eigenvalue weighted by molar-refractivity contribution is 0.0955. The second-order valence-electron chi connectivity index (χ2n) is 5.06. The second-order valence-corrected chi connectivity index (χ2v) is 7.78. The number of carbonyl (C=O) groups is 1. The van der Waals surface area contributed by atoms with E-state index < -0.39 is 10.0 Å². The minimum atomic E-state index is -3.53. The number of nitrogens with one attached hydrogen (secondary N) is 1. The van der Waals surface area contributed by atoms with E-state index in [1.54, 1.807) is 30.3 Å². The third-order valence-corrected chi connectivity index (χ3v) is 5.16. The number of rotatable bonds is 6. The summed E-state index contributed by atoms with van der Waals surface area (Å²) in [5.41, 5.74) is 0.902. The van der Waals surface area contributed by atoms with Crippen molar-refractivity contribution >= 4 is 44.8 Å². The molecule has 0 saturated carbocycles. The Bertz CT molecular complexity index is 826. The van der Waals surface area contributed by atoms with Gasteiger partial charge in [0.05, 0.1) is 28.5 Å². The van der Waals surface area contributed by atoms with Gasteiger partial charge in [-0.05, 0) is 30.3 Å². The summed E-state index contributed by atoms with van der Waals surface area (Å²) in [5.74, 6) is -0.266. The normalized spacial score (nSPS) is 11.1. The first-order valence-corrected chi connectivity index (χ1v) is 9.65. The topological polar surface area (TPSA) is 66.5 Å². The Morgan fingerprint density at radius 1 is 1.08 bits per heavy atom. The number of anilines is 1. The van der Waals surface area contributed by atoms with Gasteiger partial charge >= 0.3 is 0 Å². The highest BCUT2D eigenvalue weighted by molar-refractivity contribution is 7.92. The van der Waals surface area contributed by atoms with Crippen LogP contribution in [-0.2, 0) is 10.0 Å². The molecular weight excluding hydrogens is 371 g/mol. The van der Waals surface area contributed by atoms with Crippen LogP contribution in [0.15, 0.2) is 48.5 Å². The van der Waals surface area contributed by atoms with Crippen molar-refractivity contribution in [3.05, 3.63) is 64.1 Å². The van der Waals surface area contributed by atoms with E-state index in [0.717, 1.165) is 6.26 Å². The van der Waals surface area contributed by atoms with E-state index in [2.05, 4.69) is 5.32 Å². The lowest BCUT2D eigenvalue weighted by Crippen LogP contribution is -2.38. The van der Waals surface area contributed by atoms with E-state index in [9.17, 15) is 13.2 Å². The van der Waals surface area contributed by atoms with E-state index in [1.165, 1.54) is 16.4 Å². The van der Waals surface area contributed by atoms with Gasteiger partial charge in [0.15, 0.2) is 0 Å². The van der Waals surface area contributed by atoms with Crippen molar-refractivity contribution in [1.82, 2.24) is 5.32 Å². The van der Waals surface area contributed by atoms with Crippen LogP contribution in [-0.4, -0.2) is 33.7 Å². The maximum Gasteiger partial charge on any atom is 0.251 e. The van der Waals surface area contributed by atoms with Crippen LogP contribution in [0.3, 0.4) is 0 Å². The van der Waals surface area contributed by atoms with Gasteiger partial charge < -0.3 is 5.32 Å². The second kappa shape index (κ2) is 7.88. The molecule has 8 heteroatoms. The summed E-state index contributed by atoms with van der Waals surface area (Å²) in [5, 5.41) is 3.29. The molecule has 2 rings (SSSR count). The third kappa shape index (κ3) is 4.87. The first-order chi connectivity index (χ1) is 11.3. The van der Waals surface area contributed by atoms with Crippen molar-refractivity contribution < 1.29 is 13.2 Å². The van der Waals surface area contributed by atoms with E-state index in [1.807, 2.05) is 6.07 Å². The molecule has 24 heavy (non-hydrogen) atoms. The summed E-state index contributed by atoms with van der Waals surface area (Å²) in [6, 6.07) is 13.3. The molecule has 5 nitrogen and oxygen atoms in total. The largest absolute Gasteiger partial charge is 0.350 e. The third-order valence-electron chi connectivity index (χ3n) is 3.23. The number of sulfonamides is 1.